The lowest BCUT2D eigenvalue weighted by Crippen LogP contribution is -2.06. The molecule has 0 unspecified atom stereocenters. The molecule has 3 nitrogen and oxygen atoms in total. The Morgan fingerprint density at radius 1 is 1.06 bits per heavy atom. The largest absolute Gasteiger partial charge is 0.480 e. The van der Waals surface area contributed by atoms with E-state index in [1.165, 1.54) is 7.11 Å². The van der Waals surface area contributed by atoms with Crippen LogP contribution in [0.2, 0.25) is 0 Å². The molecule has 3 heteroatoms. The summed E-state index contributed by atoms with van der Waals surface area (Å²) < 4.78 is 5.16. The van der Waals surface area contributed by atoms with Gasteiger partial charge in [0.2, 0.25) is 5.88 Å². The van der Waals surface area contributed by atoms with E-state index in [0.29, 0.717) is 17.0 Å². The summed E-state index contributed by atoms with van der Waals surface area (Å²) >= 11 is 0. The number of aromatic nitrogens is 1. The van der Waals surface area contributed by atoms with Gasteiger partial charge in [-0.15, -0.1) is 0 Å². The summed E-state index contributed by atoms with van der Waals surface area (Å²) in [6.07, 6.45) is 0. The number of methoxy groups -OCH3 is 1. The number of ketones is 1. The van der Waals surface area contributed by atoms with Gasteiger partial charge in [-0.2, -0.15) is 0 Å². The van der Waals surface area contributed by atoms with Crippen molar-refractivity contribution in [3.8, 4) is 5.88 Å². The molecule has 1 heterocycles. The van der Waals surface area contributed by atoms with Crippen molar-refractivity contribution in [2.75, 3.05) is 7.11 Å². The summed E-state index contributed by atoms with van der Waals surface area (Å²) in [5.41, 5.74) is 3.09. The average Bonchev–Trinajstić information content (AvgIpc) is 2.38. The molecule has 1 aromatic heterocycles. The zero-order valence-corrected chi connectivity index (χ0v) is 10.7. The third-order valence-corrected chi connectivity index (χ3v) is 2.75. The van der Waals surface area contributed by atoms with Crippen molar-refractivity contribution in [3.63, 3.8) is 0 Å². The summed E-state index contributed by atoms with van der Waals surface area (Å²) in [5.74, 6) is 0.305. The van der Waals surface area contributed by atoms with Crippen LogP contribution in [0.1, 0.15) is 27.2 Å². The molecule has 0 atom stereocenters. The molecule has 0 radical (unpaired) electrons. The maximum Gasteiger partial charge on any atom is 0.224 e. The van der Waals surface area contributed by atoms with E-state index in [9.17, 15) is 4.79 Å². The van der Waals surface area contributed by atoms with Gasteiger partial charge < -0.3 is 4.74 Å². The van der Waals surface area contributed by atoms with Crippen molar-refractivity contribution >= 4 is 5.78 Å². The van der Waals surface area contributed by atoms with Gasteiger partial charge in [-0.05, 0) is 26.0 Å². The van der Waals surface area contributed by atoms with Crippen LogP contribution in [-0.2, 0) is 0 Å². The SMILES string of the molecule is COc1nc(C)ccc1C(=O)c1ccc(C)cc1. The minimum atomic E-state index is -0.0700. The fraction of sp³-hybridized carbons (Fsp3) is 0.200. The van der Waals surface area contributed by atoms with E-state index >= 15 is 0 Å². The van der Waals surface area contributed by atoms with Crippen LogP contribution < -0.4 is 4.74 Å². The van der Waals surface area contributed by atoms with Crippen LogP contribution in [0.4, 0.5) is 0 Å². The zero-order chi connectivity index (χ0) is 13.1. The van der Waals surface area contributed by atoms with Gasteiger partial charge in [0.15, 0.2) is 5.78 Å². The van der Waals surface area contributed by atoms with Crippen LogP contribution in [0.15, 0.2) is 36.4 Å². The maximum atomic E-state index is 12.3. The molecule has 0 saturated carbocycles. The van der Waals surface area contributed by atoms with E-state index in [2.05, 4.69) is 4.98 Å². The van der Waals surface area contributed by atoms with E-state index in [1.54, 1.807) is 6.07 Å². The molecule has 0 aliphatic heterocycles. The minimum Gasteiger partial charge on any atom is -0.480 e. The molecular formula is C15H15NO2. The van der Waals surface area contributed by atoms with E-state index in [-0.39, 0.29) is 5.78 Å². The van der Waals surface area contributed by atoms with Crippen molar-refractivity contribution < 1.29 is 9.53 Å². The average molecular weight is 241 g/mol. The quantitative estimate of drug-likeness (QED) is 0.775. The number of carbonyl (C=O) groups excluding carboxylic acids is 1. The van der Waals surface area contributed by atoms with E-state index < -0.39 is 0 Å². The van der Waals surface area contributed by atoms with Gasteiger partial charge in [0.05, 0.1) is 12.7 Å². The lowest BCUT2D eigenvalue weighted by molar-refractivity contribution is 0.103. The molecule has 92 valence electrons. The summed E-state index contributed by atoms with van der Waals surface area (Å²) in [6.45, 7) is 3.85. The Hall–Kier alpha value is -2.16. The van der Waals surface area contributed by atoms with Crippen molar-refractivity contribution in [2.24, 2.45) is 0 Å². The number of hydrogen-bond donors (Lipinski definition) is 0. The highest BCUT2D eigenvalue weighted by Crippen LogP contribution is 2.20. The third-order valence-electron chi connectivity index (χ3n) is 2.75. The molecule has 2 rings (SSSR count). The van der Waals surface area contributed by atoms with E-state index in [0.717, 1.165) is 11.3 Å². The minimum absolute atomic E-state index is 0.0700. The number of carbonyl (C=O) groups is 1. The van der Waals surface area contributed by atoms with Gasteiger partial charge in [-0.3, -0.25) is 4.79 Å². The Balaban J connectivity index is 2.42. The molecule has 0 bridgehead atoms. The molecule has 0 spiro atoms. The van der Waals surface area contributed by atoms with Crippen LogP contribution in [0.5, 0.6) is 5.88 Å². The first-order chi connectivity index (χ1) is 8.61. The molecule has 0 aliphatic rings. The van der Waals surface area contributed by atoms with Crippen LogP contribution >= 0.6 is 0 Å². The highest BCUT2D eigenvalue weighted by Gasteiger charge is 2.15. The number of hydrogen-bond acceptors (Lipinski definition) is 3. The predicted octanol–water partition coefficient (Wildman–Crippen LogP) is 2.94. The summed E-state index contributed by atoms with van der Waals surface area (Å²) in [7, 11) is 1.52. The second-order valence-corrected chi connectivity index (χ2v) is 4.20. The first-order valence-corrected chi connectivity index (χ1v) is 5.75. The van der Waals surface area contributed by atoms with Crippen molar-refractivity contribution in [3.05, 3.63) is 58.8 Å². The lowest BCUT2D eigenvalue weighted by atomic mass is 10.0. The van der Waals surface area contributed by atoms with Gasteiger partial charge in [0.25, 0.3) is 0 Å². The lowest BCUT2D eigenvalue weighted by Gasteiger charge is -2.07. The van der Waals surface area contributed by atoms with Crippen LogP contribution in [0.3, 0.4) is 0 Å². The predicted molar refractivity (Wildman–Crippen MR) is 70.1 cm³/mol. The number of benzene rings is 1. The fourth-order valence-electron chi connectivity index (χ4n) is 1.72. The Bertz CT molecular complexity index is 574. The number of pyridine rings is 1. The van der Waals surface area contributed by atoms with Crippen molar-refractivity contribution in [2.45, 2.75) is 13.8 Å². The highest BCUT2D eigenvalue weighted by atomic mass is 16.5. The Kier molecular flexibility index (Phi) is 3.42. The van der Waals surface area contributed by atoms with Gasteiger partial charge >= 0.3 is 0 Å². The molecule has 0 saturated heterocycles. The Morgan fingerprint density at radius 3 is 2.33 bits per heavy atom. The normalized spacial score (nSPS) is 10.2. The number of aryl methyl sites for hydroxylation is 2. The van der Waals surface area contributed by atoms with Gasteiger partial charge in [-0.1, -0.05) is 29.8 Å². The van der Waals surface area contributed by atoms with E-state index in [1.807, 2.05) is 44.2 Å². The molecule has 18 heavy (non-hydrogen) atoms. The van der Waals surface area contributed by atoms with Crippen molar-refractivity contribution in [1.29, 1.82) is 0 Å². The number of rotatable bonds is 3. The summed E-state index contributed by atoms with van der Waals surface area (Å²) in [5, 5.41) is 0. The molecule has 0 amide bonds. The summed E-state index contributed by atoms with van der Waals surface area (Å²) in [6, 6.07) is 11.0. The molecule has 0 fully saturated rings. The fourth-order valence-corrected chi connectivity index (χ4v) is 1.72. The molecule has 1 aromatic carbocycles. The monoisotopic (exact) mass is 241 g/mol. The smallest absolute Gasteiger partial charge is 0.224 e. The third kappa shape index (κ3) is 2.40. The Morgan fingerprint density at radius 2 is 1.72 bits per heavy atom. The zero-order valence-electron chi connectivity index (χ0n) is 10.7. The second kappa shape index (κ2) is 5.00. The molecule has 0 N–H and O–H groups in total. The number of nitrogens with zero attached hydrogens (tertiary/aromatic N) is 1. The van der Waals surface area contributed by atoms with Crippen LogP contribution in [0, 0.1) is 13.8 Å². The molecular weight excluding hydrogens is 226 g/mol. The maximum absolute atomic E-state index is 12.3. The van der Waals surface area contributed by atoms with Gasteiger partial charge in [-0.25, -0.2) is 4.98 Å². The van der Waals surface area contributed by atoms with Crippen LogP contribution in [-0.4, -0.2) is 17.9 Å². The summed E-state index contributed by atoms with van der Waals surface area (Å²) in [4.78, 5) is 16.5. The van der Waals surface area contributed by atoms with E-state index in [4.69, 9.17) is 4.74 Å². The standard InChI is InChI=1S/C15H15NO2/c1-10-4-7-12(8-5-10)14(17)13-9-6-11(2)16-15(13)18-3/h4-9H,1-3H3. The van der Waals surface area contributed by atoms with Crippen molar-refractivity contribution in [1.82, 2.24) is 4.98 Å². The number of ether oxygens (including phenoxy) is 1. The topological polar surface area (TPSA) is 39.2 Å². The highest BCUT2D eigenvalue weighted by molar-refractivity contribution is 6.10. The second-order valence-electron chi connectivity index (χ2n) is 4.20. The first kappa shape index (κ1) is 12.3. The first-order valence-electron chi connectivity index (χ1n) is 5.75. The van der Waals surface area contributed by atoms with Crippen LogP contribution in [0.25, 0.3) is 0 Å². The molecule has 2 aromatic rings. The van der Waals surface area contributed by atoms with Gasteiger partial charge in [0.1, 0.15) is 0 Å². The van der Waals surface area contributed by atoms with Gasteiger partial charge in [0, 0.05) is 11.3 Å². The Labute approximate surface area is 106 Å². The molecule has 0 aliphatic carbocycles.